The minimum absolute atomic E-state index is 0.0872. The van der Waals surface area contributed by atoms with Gasteiger partial charge in [-0.1, -0.05) is 24.3 Å². The van der Waals surface area contributed by atoms with Crippen molar-refractivity contribution in [1.29, 1.82) is 0 Å². The van der Waals surface area contributed by atoms with Crippen LogP contribution in [0, 0.1) is 0 Å². The first-order valence-electron chi connectivity index (χ1n) is 7.27. The third-order valence-electron chi connectivity index (χ3n) is 3.51. The molecule has 1 unspecified atom stereocenters. The fourth-order valence-electron chi connectivity index (χ4n) is 2.36. The minimum Gasteiger partial charge on any atom is -0.497 e. The fourth-order valence-corrected chi connectivity index (χ4v) is 2.36. The monoisotopic (exact) mass is 288 g/mol. The number of methoxy groups -OCH3 is 1. The van der Waals surface area contributed by atoms with E-state index >= 15 is 0 Å². The Morgan fingerprint density at radius 1 is 1.19 bits per heavy atom. The predicted octanol–water partition coefficient (Wildman–Crippen LogP) is 2.65. The van der Waals surface area contributed by atoms with Crippen LogP contribution in [0.25, 0.3) is 10.8 Å². The van der Waals surface area contributed by atoms with Crippen LogP contribution in [0.15, 0.2) is 36.4 Å². The first-order valence-corrected chi connectivity index (χ1v) is 7.27. The first-order chi connectivity index (χ1) is 10.1. The number of nitrogens with two attached hydrogens (primary N) is 1. The Balaban J connectivity index is 2.23. The largest absolute Gasteiger partial charge is 0.497 e. The van der Waals surface area contributed by atoms with Gasteiger partial charge in [0.15, 0.2) is 0 Å². The highest BCUT2D eigenvalue weighted by Crippen LogP contribution is 2.25. The molecule has 1 atom stereocenters. The van der Waals surface area contributed by atoms with Gasteiger partial charge >= 0.3 is 0 Å². The van der Waals surface area contributed by atoms with E-state index in [1.54, 1.807) is 7.11 Å². The zero-order valence-corrected chi connectivity index (χ0v) is 12.9. The normalized spacial score (nSPS) is 12.8. The summed E-state index contributed by atoms with van der Waals surface area (Å²) in [6.07, 6.45) is 1.02. The number of rotatable bonds is 7. The molecule has 0 aliphatic rings. The molecule has 21 heavy (non-hydrogen) atoms. The molecule has 2 rings (SSSR count). The summed E-state index contributed by atoms with van der Waals surface area (Å²) in [6, 6.07) is 12.5. The Morgan fingerprint density at radius 2 is 2.00 bits per heavy atom. The van der Waals surface area contributed by atoms with Gasteiger partial charge in [0.1, 0.15) is 5.75 Å². The summed E-state index contributed by atoms with van der Waals surface area (Å²) < 4.78 is 11.0. The summed E-state index contributed by atoms with van der Waals surface area (Å²) in [6.45, 7) is 4.64. The summed E-state index contributed by atoms with van der Waals surface area (Å²) in [5, 5.41) is 2.40. The van der Waals surface area contributed by atoms with Gasteiger partial charge in [0.25, 0.3) is 0 Å². The third kappa shape index (κ3) is 4.17. The molecule has 0 spiro atoms. The van der Waals surface area contributed by atoms with Crippen LogP contribution in [-0.2, 0) is 11.2 Å². The average molecular weight is 288 g/mol. The second-order valence-electron chi connectivity index (χ2n) is 5.45. The van der Waals surface area contributed by atoms with Gasteiger partial charge in [-0.3, -0.25) is 11.3 Å². The van der Waals surface area contributed by atoms with Crippen LogP contribution in [0.2, 0.25) is 0 Å². The van der Waals surface area contributed by atoms with Gasteiger partial charge in [0, 0.05) is 6.04 Å². The zero-order valence-electron chi connectivity index (χ0n) is 12.9. The van der Waals surface area contributed by atoms with Gasteiger partial charge in [-0.05, 0) is 48.7 Å². The van der Waals surface area contributed by atoms with E-state index in [1.807, 2.05) is 19.9 Å². The molecule has 0 heterocycles. The zero-order chi connectivity index (χ0) is 15.2. The second-order valence-corrected chi connectivity index (χ2v) is 5.45. The Kier molecular flexibility index (Phi) is 5.56. The van der Waals surface area contributed by atoms with Gasteiger partial charge in [-0.2, -0.15) is 0 Å². The number of benzene rings is 2. The Bertz CT molecular complexity index is 584. The van der Waals surface area contributed by atoms with E-state index in [4.69, 9.17) is 15.3 Å². The van der Waals surface area contributed by atoms with Gasteiger partial charge < -0.3 is 9.47 Å². The standard InChI is InChI=1S/C17H24N2O2/c1-12(2)21-11-15(19-18)9-14-6-4-5-13-7-8-16(20-3)10-17(13)14/h4-8,10,12,15,19H,9,11,18H2,1-3H3. The lowest BCUT2D eigenvalue weighted by atomic mass is 9.99. The summed E-state index contributed by atoms with van der Waals surface area (Å²) in [5.74, 6) is 6.52. The number of ether oxygens (including phenoxy) is 2. The average Bonchev–Trinajstić information content (AvgIpc) is 2.50. The molecule has 0 amide bonds. The molecular formula is C17H24N2O2. The predicted molar refractivity (Wildman–Crippen MR) is 86.4 cm³/mol. The van der Waals surface area contributed by atoms with Crippen LogP contribution in [0.1, 0.15) is 19.4 Å². The topological polar surface area (TPSA) is 56.5 Å². The Labute approximate surface area is 126 Å². The molecule has 0 aromatic heterocycles. The third-order valence-corrected chi connectivity index (χ3v) is 3.51. The van der Waals surface area contributed by atoms with Crippen LogP contribution < -0.4 is 16.0 Å². The van der Waals surface area contributed by atoms with Gasteiger partial charge in [0.2, 0.25) is 0 Å². The lowest BCUT2D eigenvalue weighted by Crippen LogP contribution is -2.40. The van der Waals surface area contributed by atoms with Crippen molar-refractivity contribution in [3.05, 3.63) is 42.0 Å². The van der Waals surface area contributed by atoms with Crippen LogP contribution in [0.3, 0.4) is 0 Å². The maximum atomic E-state index is 5.66. The van der Waals surface area contributed by atoms with Crippen molar-refractivity contribution in [1.82, 2.24) is 5.43 Å². The number of hydrogen-bond donors (Lipinski definition) is 2. The summed E-state index contributed by atoms with van der Waals surface area (Å²) >= 11 is 0. The molecule has 0 aliphatic heterocycles. The molecule has 0 fully saturated rings. The van der Waals surface area contributed by atoms with Crippen molar-refractivity contribution in [2.75, 3.05) is 13.7 Å². The minimum atomic E-state index is 0.0872. The SMILES string of the molecule is COc1ccc2cccc(CC(COC(C)C)NN)c2c1. The molecule has 4 heteroatoms. The Morgan fingerprint density at radius 3 is 2.67 bits per heavy atom. The van der Waals surface area contributed by atoms with E-state index in [-0.39, 0.29) is 12.1 Å². The molecule has 0 bridgehead atoms. The quantitative estimate of drug-likeness (QED) is 0.607. The van der Waals surface area contributed by atoms with Crippen molar-refractivity contribution < 1.29 is 9.47 Å². The van der Waals surface area contributed by atoms with Crippen LogP contribution in [0.5, 0.6) is 5.75 Å². The number of fused-ring (bicyclic) bond motifs is 1. The molecule has 0 saturated carbocycles. The lowest BCUT2D eigenvalue weighted by molar-refractivity contribution is 0.0614. The molecule has 0 saturated heterocycles. The van der Waals surface area contributed by atoms with Crippen LogP contribution >= 0.6 is 0 Å². The van der Waals surface area contributed by atoms with E-state index in [1.165, 1.54) is 16.3 Å². The molecule has 114 valence electrons. The molecule has 2 aromatic rings. The Hall–Kier alpha value is -1.62. The number of nitrogens with one attached hydrogen (secondary N) is 1. The molecule has 0 radical (unpaired) electrons. The highest BCUT2D eigenvalue weighted by atomic mass is 16.5. The highest BCUT2D eigenvalue weighted by Gasteiger charge is 2.11. The number of hydrogen-bond acceptors (Lipinski definition) is 4. The van der Waals surface area contributed by atoms with E-state index in [9.17, 15) is 0 Å². The van der Waals surface area contributed by atoms with E-state index < -0.39 is 0 Å². The second kappa shape index (κ2) is 7.41. The van der Waals surface area contributed by atoms with Crippen molar-refractivity contribution in [2.24, 2.45) is 5.84 Å². The summed E-state index contributed by atoms with van der Waals surface area (Å²) in [4.78, 5) is 0. The van der Waals surface area contributed by atoms with Crippen LogP contribution in [-0.4, -0.2) is 25.9 Å². The van der Waals surface area contributed by atoms with Crippen molar-refractivity contribution in [3.63, 3.8) is 0 Å². The highest BCUT2D eigenvalue weighted by molar-refractivity contribution is 5.87. The lowest BCUT2D eigenvalue weighted by Gasteiger charge is -2.19. The van der Waals surface area contributed by atoms with Crippen LogP contribution in [0.4, 0.5) is 0 Å². The van der Waals surface area contributed by atoms with Crippen molar-refractivity contribution in [3.8, 4) is 5.75 Å². The summed E-state index contributed by atoms with van der Waals surface area (Å²) in [5.41, 5.74) is 4.08. The van der Waals surface area contributed by atoms with Gasteiger partial charge in [0.05, 0.1) is 19.8 Å². The molecule has 0 aliphatic carbocycles. The fraction of sp³-hybridized carbons (Fsp3) is 0.412. The van der Waals surface area contributed by atoms with Crippen molar-refractivity contribution >= 4 is 10.8 Å². The van der Waals surface area contributed by atoms with Gasteiger partial charge in [-0.25, -0.2) is 0 Å². The summed E-state index contributed by atoms with van der Waals surface area (Å²) in [7, 11) is 1.69. The van der Waals surface area contributed by atoms with Crippen molar-refractivity contribution in [2.45, 2.75) is 32.4 Å². The van der Waals surface area contributed by atoms with E-state index in [0.717, 1.165) is 12.2 Å². The smallest absolute Gasteiger partial charge is 0.119 e. The molecule has 2 aromatic carbocycles. The number of hydrazine groups is 1. The molecular weight excluding hydrogens is 264 g/mol. The maximum absolute atomic E-state index is 5.66. The molecule has 4 nitrogen and oxygen atoms in total. The molecule has 3 N–H and O–H groups in total. The maximum Gasteiger partial charge on any atom is 0.119 e. The van der Waals surface area contributed by atoms with Gasteiger partial charge in [-0.15, -0.1) is 0 Å². The van der Waals surface area contributed by atoms with E-state index in [0.29, 0.717) is 6.61 Å². The first kappa shape index (κ1) is 15.8. The van der Waals surface area contributed by atoms with E-state index in [2.05, 4.69) is 35.8 Å².